The average molecular weight is 639 g/mol. The van der Waals surface area contributed by atoms with E-state index in [2.05, 4.69) is 102 Å². The first-order valence-corrected chi connectivity index (χ1v) is 17.2. The SMILES string of the molecule is CC(C)C1=c2c(c3[nH]/c(=C\c4c(C(C)C)c5c6ccccc6c6c(C(C)C)c[nH]c6c5n4B(F)F)c(C(C)C)c3c3ccccc23)N=C1. The first kappa shape index (κ1) is 30.7. The van der Waals surface area contributed by atoms with Crippen molar-refractivity contribution in [1.29, 1.82) is 0 Å². The van der Waals surface area contributed by atoms with Crippen molar-refractivity contribution < 1.29 is 8.63 Å². The highest BCUT2D eigenvalue weighted by molar-refractivity contribution is 6.45. The number of rotatable bonds is 6. The van der Waals surface area contributed by atoms with Crippen LogP contribution in [0.1, 0.15) is 95.5 Å². The molecule has 0 atom stereocenters. The maximum atomic E-state index is 15.7. The van der Waals surface area contributed by atoms with E-state index in [0.717, 1.165) is 71.1 Å². The molecule has 0 aliphatic carbocycles. The summed E-state index contributed by atoms with van der Waals surface area (Å²) in [5, 5.41) is 9.51. The summed E-state index contributed by atoms with van der Waals surface area (Å²) in [6, 6.07) is 16.8. The number of hydrogen-bond acceptors (Lipinski definition) is 1. The second kappa shape index (κ2) is 10.9. The van der Waals surface area contributed by atoms with Crippen molar-refractivity contribution in [2.45, 2.75) is 73.1 Å². The van der Waals surface area contributed by atoms with Crippen molar-refractivity contribution in [3.05, 3.63) is 87.7 Å². The van der Waals surface area contributed by atoms with Crippen LogP contribution < -0.4 is 10.6 Å². The van der Waals surface area contributed by atoms with Crippen molar-refractivity contribution in [3.63, 3.8) is 0 Å². The van der Waals surface area contributed by atoms with Crippen molar-refractivity contribution >= 4 is 85.2 Å². The number of H-pyrrole nitrogens is 2. The van der Waals surface area contributed by atoms with Crippen LogP contribution in [0.5, 0.6) is 0 Å². The minimum Gasteiger partial charge on any atom is -0.359 e. The van der Waals surface area contributed by atoms with Crippen LogP contribution in [-0.2, 0) is 0 Å². The van der Waals surface area contributed by atoms with Gasteiger partial charge in [0.25, 0.3) is 0 Å². The monoisotopic (exact) mass is 638 g/mol. The molecule has 8 rings (SSSR count). The number of nitrogens with one attached hydrogen (secondary N) is 2. The van der Waals surface area contributed by atoms with E-state index < -0.39 is 7.40 Å². The highest BCUT2D eigenvalue weighted by Crippen LogP contribution is 2.45. The van der Waals surface area contributed by atoms with Gasteiger partial charge in [0.05, 0.1) is 22.2 Å². The predicted octanol–water partition coefficient (Wildman–Crippen LogP) is 10.4. The Labute approximate surface area is 279 Å². The van der Waals surface area contributed by atoms with Crippen LogP contribution in [0.2, 0.25) is 0 Å². The van der Waals surface area contributed by atoms with Crippen molar-refractivity contribution in [2.75, 3.05) is 0 Å². The summed E-state index contributed by atoms with van der Waals surface area (Å²) in [5.74, 6) is 0.663. The number of benzene rings is 4. The van der Waals surface area contributed by atoms with Crippen LogP contribution in [0.4, 0.5) is 14.3 Å². The third-order valence-electron chi connectivity index (χ3n) is 10.4. The fourth-order valence-corrected chi connectivity index (χ4v) is 8.44. The number of aromatic nitrogens is 3. The normalized spacial score (nSPS) is 14.0. The third-order valence-corrected chi connectivity index (χ3v) is 10.4. The van der Waals surface area contributed by atoms with Gasteiger partial charge in [0.15, 0.2) is 0 Å². The summed E-state index contributed by atoms with van der Waals surface area (Å²) in [7, 11) is -2.74. The zero-order valence-electron chi connectivity index (χ0n) is 28.9. The molecule has 48 heavy (non-hydrogen) atoms. The number of nitrogens with zero attached hydrogens (tertiary/aromatic N) is 2. The predicted molar refractivity (Wildman–Crippen MR) is 202 cm³/mol. The summed E-state index contributed by atoms with van der Waals surface area (Å²) in [5.41, 5.74) is 8.19. The molecular weight excluding hydrogens is 597 g/mol. The average Bonchev–Trinajstić information content (AvgIpc) is 3.82. The molecular formula is C41H41BF2N4. The lowest BCUT2D eigenvalue weighted by molar-refractivity contribution is 0.632. The van der Waals surface area contributed by atoms with Gasteiger partial charge in [-0.05, 0) is 73.6 Å². The minimum atomic E-state index is -2.74. The zero-order valence-corrected chi connectivity index (χ0v) is 28.9. The number of aliphatic imine (C=N–C) groups is 1. The zero-order chi connectivity index (χ0) is 33.8. The summed E-state index contributed by atoms with van der Waals surface area (Å²) < 4.78 is 32.7. The molecule has 4 heterocycles. The van der Waals surface area contributed by atoms with E-state index in [0.29, 0.717) is 17.1 Å². The highest BCUT2D eigenvalue weighted by Gasteiger charge is 2.32. The lowest BCUT2D eigenvalue weighted by Crippen LogP contribution is -2.18. The lowest BCUT2D eigenvalue weighted by Gasteiger charge is -2.11. The summed E-state index contributed by atoms with van der Waals surface area (Å²) >= 11 is 0. The Morgan fingerprint density at radius 3 is 1.90 bits per heavy atom. The van der Waals surface area contributed by atoms with Crippen LogP contribution in [0.3, 0.4) is 0 Å². The van der Waals surface area contributed by atoms with Crippen LogP contribution in [0, 0.1) is 5.92 Å². The molecule has 7 heteroatoms. The van der Waals surface area contributed by atoms with Gasteiger partial charge in [-0.2, -0.15) is 0 Å². The van der Waals surface area contributed by atoms with Crippen LogP contribution in [0.15, 0.2) is 59.7 Å². The van der Waals surface area contributed by atoms with Gasteiger partial charge in [0.2, 0.25) is 0 Å². The van der Waals surface area contributed by atoms with Gasteiger partial charge in [-0.15, -0.1) is 0 Å². The Balaban J connectivity index is 1.60. The topological polar surface area (TPSA) is 48.9 Å². The fraction of sp³-hybridized carbons (Fsp3) is 0.293. The smallest absolute Gasteiger partial charge is 0.359 e. The second-order valence-electron chi connectivity index (χ2n) is 14.7. The number of aromatic amines is 2. The molecule has 0 spiro atoms. The first-order chi connectivity index (χ1) is 23.0. The molecule has 4 aromatic carbocycles. The minimum absolute atomic E-state index is 0.0103. The molecule has 7 aromatic rings. The van der Waals surface area contributed by atoms with Crippen LogP contribution in [-0.4, -0.2) is 28.1 Å². The van der Waals surface area contributed by atoms with Gasteiger partial charge in [-0.25, -0.2) is 0 Å². The maximum Gasteiger partial charge on any atom is 0.678 e. The molecule has 3 aromatic heterocycles. The largest absolute Gasteiger partial charge is 0.678 e. The molecule has 0 saturated heterocycles. The van der Waals surface area contributed by atoms with Crippen LogP contribution >= 0.6 is 0 Å². The molecule has 0 radical (unpaired) electrons. The van der Waals surface area contributed by atoms with Gasteiger partial charge >= 0.3 is 7.40 Å². The van der Waals surface area contributed by atoms with Gasteiger partial charge in [0, 0.05) is 44.8 Å². The molecule has 0 fully saturated rings. The number of halogens is 2. The van der Waals surface area contributed by atoms with E-state index >= 15 is 8.63 Å². The Kier molecular flexibility index (Phi) is 6.99. The van der Waals surface area contributed by atoms with Crippen molar-refractivity contribution in [3.8, 4) is 0 Å². The molecule has 2 N–H and O–H groups in total. The maximum absolute atomic E-state index is 15.7. The fourth-order valence-electron chi connectivity index (χ4n) is 8.44. The molecule has 4 nitrogen and oxygen atoms in total. The Morgan fingerprint density at radius 2 is 1.31 bits per heavy atom. The van der Waals surface area contributed by atoms with E-state index in [-0.39, 0.29) is 17.8 Å². The molecule has 0 saturated carbocycles. The summed E-state index contributed by atoms with van der Waals surface area (Å²) in [6.07, 6.45) is 6.01. The second-order valence-corrected chi connectivity index (χ2v) is 14.7. The quantitative estimate of drug-likeness (QED) is 0.170. The molecule has 242 valence electrons. The van der Waals surface area contributed by atoms with Crippen LogP contribution in [0.25, 0.3) is 65.9 Å². The number of fused-ring (bicyclic) bond motifs is 12. The van der Waals surface area contributed by atoms with Gasteiger partial charge in [0.1, 0.15) is 0 Å². The Hall–Kier alpha value is -4.65. The van der Waals surface area contributed by atoms with E-state index in [1.54, 1.807) is 0 Å². The summed E-state index contributed by atoms with van der Waals surface area (Å²) in [4.78, 5) is 12.2. The highest BCUT2D eigenvalue weighted by atomic mass is 19.2. The van der Waals surface area contributed by atoms with E-state index in [9.17, 15) is 0 Å². The van der Waals surface area contributed by atoms with Crippen molar-refractivity contribution in [1.82, 2.24) is 14.4 Å². The molecule has 0 bridgehead atoms. The first-order valence-electron chi connectivity index (χ1n) is 17.2. The molecule has 0 amide bonds. The van der Waals surface area contributed by atoms with Gasteiger partial charge < -0.3 is 14.4 Å². The molecule has 1 aliphatic heterocycles. The standard InChI is InChI=1S/C41H41BF2N4/c1-20(2)28-18-45-38-34(28)24-13-9-11-15-26(24)36-32(22(5)6)30(47-39(36)38)17-31-33(23(7)8)37-27-16-12-10-14-25(27)35-29(21(3)4)19-46-40(35)41(37)48(31)42(43)44/h9-23,46-47H,1-8H3/b30-17-. The van der Waals surface area contributed by atoms with Crippen molar-refractivity contribution in [2.24, 2.45) is 10.9 Å². The Bertz CT molecular complexity index is 2610. The third kappa shape index (κ3) is 4.15. The summed E-state index contributed by atoms with van der Waals surface area (Å²) in [6.45, 7) is 17.3. The van der Waals surface area contributed by atoms with E-state index in [1.165, 1.54) is 20.7 Å². The van der Waals surface area contributed by atoms with Gasteiger partial charge in [-0.3, -0.25) is 13.6 Å². The van der Waals surface area contributed by atoms with E-state index in [4.69, 9.17) is 4.99 Å². The Morgan fingerprint density at radius 1 is 0.708 bits per heavy atom. The van der Waals surface area contributed by atoms with Gasteiger partial charge in [-0.1, -0.05) is 104 Å². The van der Waals surface area contributed by atoms with E-state index in [1.807, 2.05) is 30.6 Å². The number of hydrogen-bond donors (Lipinski definition) is 2. The lowest BCUT2D eigenvalue weighted by atomic mass is 9.91. The molecule has 1 aliphatic rings. The molecule has 0 unspecified atom stereocenters.